The van der Waals surface area contributed by atoms with Crippen LogP contribution >= 0.6 is 0 Å². The van der Waals surface area contributed by atoms with Gasteiger partial charge >= 0.3 is 0 Å². The Bertz CT molecular complexity index is 184. The lowest BCUT2D eigenvalue weighted by Gasteiger charge is -2.26. The molecule has 0 saturated heterocycles. The molecule has 0 aliphatic heterocycles. The third-order valence-corrected chi connectivity index (χ3v) is 5.26. The summed E-state index contributed by atoms with van der Waals surface area (Å²) in [4.78, 5) is 0. The van der Waals surface area contributed by atoms with Gasteiger partial charge in [0, 0.05) is 0 Å². The van der Waals surface area contributed by atoms with E-state index in [0.717, 1.165) is 0 Å². The zero-order valence-corrected chi connectivity index (χ0v) is 12.8. The quantitative estimate of drug-likeness (QED) is 0.444. The molecule has 0 aliphatic carbocycles. The number of hydrogen-bond acceptors (Lipinski definition) is 0. The van der Waals surface area contributed by atoms with Crippen LogP contribution in [0.2, 0.25) is 13.1 Å². The first kappa shape index (κ1) is 15.0. The van der Waals surface area contributed by atoms with Gasteiger partial charge in [-0.1, -0.05) is 71.3 Å². The minimum absolute atomic E-state index is 0.408. The molecule has 0 spiro atoms. The van der Waals surface area contributed by atoms with Gasteiger partial charge in [-0.25, -0.2) is 0 Å². The summed E-state index contributed by atoms with van der Waals surface area (Å²) in [6.07, 6.45) is 9.38. The maximum atomic E-state index is 2.55. The molecule has 0 aliphatic rings. The topological polar surface area (TPSA) is 0 Å². The summed E-state index contributed by atoms with van der Waals surface area (Å²) in [5, 5.41) is 1.76. The average molecular weight is 226 g/mol. The Morgan fingerprint density at radius 2 is 1.67 bits per heavy atom. The van der Waals surface area contributed by atoms with E-state index in [1.165, 1.54) is 32.1 Å². The standard InChI is InChI=1S/C14H30Si/c1-7-8-9-10-11-12-13(15(5)6)14(2,3)4/h12,15H,7-11H2,1-6H3. The third kappa shape index (κ3) is 6.94. The van der Waals surface area contributed by atoms with E-state index in [2.05, 4.69) is 46.9 Å². The maximum Gasteiger partial charge on any atom is 0.0598 e. The predicted molar refractivity (Wildman–Crippen MR) is 75.2 cm³/mol. The SMILES string of the molecule is CCCCCCC=C([SiH](C)C)C(C)(C)C. The van der Waals surface area contributed by atoms with Gasteiger partial charge < -0.3 is 0 Å². The molecule has 0 N–H and O–H groups in total. The smallest absolute Gasteiger partial charge is 0.0598 e. The van der Waals surface area contributed by atoms with E-state index < -0.39 is 8.80 Å². The molecule has 0 aromatic rings. The highest BCUT2D eigenvalue weighted by atomic mass is 28.3. The minimum Gasteiger partial charge on any atom is -0.0890 e. The van der Waals surface area contributed by atoms with E-state index in [0.29, 0.717) is 5.41 Å². The minimum atomic E-state index is -0.608. The van der Waals surface area contributed by atoms with Crippen LogP contribution in [0.3, 0.4) is 0 Å². The van der Waals surface area contributed by atoms with Crippen molar-refractivity contribution in [1.29, 1.82) is 0 Å². The van der Waals surface area contributed by atoms with E-state index in [9.17, 15) is 0 Å². The van der Waals surface area contributed by atoms with E-state index in [1.54, 1.807) is 5.20 Å². The number of allylic oxidation sites excluding steroid dienone is 2. The van der Waals surface area contributed by atoms with Crippen molar-refractivity contribution < 1.29 is 0 Å². The molecule has 0 rings (SSSR count). The van der Waals surface area contributed by atoms with Gasteiger partial charge in [-0.15, -0.1) is 0 Å². The summed E-state index contributed by atoms with van der Waals surface area (Å²) in [7, 11) is -0.608. The van der Waals surface area contributed by atoms with Crippen molar-refractivity contribution in [3.8, 4) is 0 Å². The largest absolute Gasteiger partial charge is 0.0890 e. The van der Waals surface area contributed by atoms with E-state index in [-0.39, 0.29) is 0 Å². The molecular weight excluding hydrogens is 196 g/mol. The van der Waals surface area contributed by atoms with Crippen LogP contribution in [0.4, 0.5) is 0 Å². The van der Waals surface area contributed by atoms with Gasteiger partial charge in [0.25, 0.3) is 0 Å². The molecule has 0 unspecified atom stereocenters. The summed E-state index contributed by atoms with van der Waals surface area (Å²) >= 11 is 0. The van der Waals surface area contributed by atoms with Crippen molar-refractivity contribution in [2.45, 2.75) is 72.9 Å². The molecule has 0 heterocycles. The zero-order chi connectivity index (χ0) is 11.9. The van der Waals surface area contributed by atoms with E-state index in [4.69, 9.17) is 0 Å². The fraction of sp³-hybridized carbons (Fsp3) is 0.857. The summed E-state index contributed by atoms with van der Waals surface area (Å²) < 4.78 is 0. The normalized spacial score (nSPS) is 13.7. The highest BCUT2D eigenvalue weighted by Gasteiger charge is 2.19. The van der Waals surface area contributed by atoms with Crippen LogP contribution in [0.25, 0.3) is 0 Å². The first-order chi connectivity index (χ1) is 6.89. The number of unbranched alkanes of at least 4 members (excludes halogenated alkanes) is 4. The molecule has 90 valence electrons. The van der Waals surface area contributed by atoms with Crippen LogP contribution in [0.1, 0.15) is 59.8 Å². The molecule has 0 aromatic carbocycles. The van der Waals surface area contributed by atoms with Crippen molar-refractivity contribution in [1.82, 2.24) is 0 Å². The molecule has 0 amide bonds. The summed E-state index contributed by atoms with van der Waals surface area (Å²) in [5.74, 6) is 0. The van der Waals surface area contributed by atoms with Crippen molar-refractivity contribution in [3.63, 3.8) is 0 Å². The van der Waals surface area contributed by atoms with Crippen molar-refractivity contribution in [2.24, 2.45) is 5.41 Å². The summed E-state index contributed by atoms with van der Waals surface area (Å²) in [6.45, 7) is 14.2. The molecule has 0 fully saturated rings. The Kier molecular flexibility index (Phi) is 7.25. The van der Waals surface area contributed by atoms with Crippen LogP contribution in [0.5, 0.6) is 0 Å². The van der Waals surface area contributed by atoms with Crippen LogP contribution in [-0.4, -0.2) is 8.80 Å². The Morgan fingerprint density at radius 3 is 2.07 bits per heavy atom. The monoisotopic (exact) mass is 226 g/mol. The fourth-order valence-corrected chi connectivity index (χ4v) is 4.61. The Labute approximate surface area is 98.8 Å². The van der Waals surface area contributed by atoms with Crippen LogP contribution in [-0.2, 0) is 0 Å². The Morgan fingerprint density at radius 1 is 1.07 bits per heavy atom. The average Bonchev–Trinajstić information content (AvgIpc) is 2.08. The molecule has 0 aromatic heterocycles. The van der Waals surface area contributed by atoms with Gasteiger partial charge in [0.05, 0.1) is 8.80 Å². The highest BCUT2D eigenvalue weighted by Crippen LogP contribution is 2.28. The van der Waals surface area contributed by atoms with Crippen LogP contribution in [0, 0.1) is 5.41 Å². The lowest BCUT2D eigenvalue weighted by atomic mass is 9.95. The van der Waals surface area contributed by atoms with Crippen molar-refractivity contribution >= 4 is 8.80 Å². The first-order valence-electron chi connectivity index (χ1n) is 6.60. The van der Waals surface area contributed by atoms with Crippen molar-refractivity contribution in [3.05, 3.63) is 11.3 Å². The summed E-state index contributed by atoms with van der Waals surface area (Å²) in [6, 6.07) is 0. The third-order valence-electron chi connectivity index (χ3n) is 2.91. The summed E-state index contributed by atoms with van der Waals surface area (Å²) in [5.41, 5.74) is 0.408. The zero-order valence-electron chi connectivity index (χ0n) is 11.7. The molecular formula is C14H30Si. The second-order valence-corrected chi connectivity index (χ2v) is 8.84. The lowest BCUT2D eigenvalue weighted by molar-refractivity contribution is 0.523. The molecule has 0 atom stereocenters. The van der Waals surface area contributed by atoms with Gasteiger partial charge in [-0.2, -0.15) is 0 Å². The number of rotatable bonds is 6. The predicted octanol–water partition coefficient (Wildman–Crippen LogP) is 4.96. The van der Waals surface area contributed by atoms with E-state index in [1.807, 2.05) is 0 Å². The molecule has 0 nitrogen and oxygen atoms in total. The fourth-order valence-electron chi connectivity index (χ4n) is 2.24. The highest BCUT2D eigenvalue weighted by molar-refractivity contribution is 6.64. The molecule has 0 saturated carbocycles. The second-order valence-electron chi connectivity index (χ2n) is 5.91. The van der Waals surface area contributed by atoms with Gasteiger partial charge in [0.15, 0.2) is 0 Å². The van der Waals surface area contributed by atoms with Crippen molar-refractivity contribution in [2.75, 3.05) is 0 Å². The maximum absolute atomic E-state index is 2.55. The van der Waals surface area contributed by atoms with Gasteiger partial charge in [0.1, 0.15) is 0 Å². The van der Waals surface area contributed by atoms with Crippen LogP contribution < -0.4 is 0 Å². The lowest BCUT2D eigenvalue weighted by Crippen LogP contribution is -2.20. The van der Waals surface area contributed by atoms with E-state index >= 15 is 0 Å². The first-order valence-corrected chi connectivity index (χ1v) is 9.48. The van der Waals surface area contributed by atoms with Gasteiger partial charge in [-0.3, -0.25) is 0 Å². The molecule has 0 radical (unpaired) electrons. The number of hydrogen-bond donors (Lipinski definition) is 0. The van der Waals surface area contributed by atoms with Gasteiger partial charge in [0.2, 0.25) is 0 Å². The Hall–Kier alpha value is -0.0431. The Balaban J connectivity index is 4.09. The van der Waals surface area contributed by atoms with Crippen LogP contribution in [0.15, 0.2) is 11.3 Å². The molecule has 0 bridgehead atoms. The van der Waals surface area contributed by atoms with Gasteiger partial charge in [-0.05, 0) is 18.3 Å². The second kappa shape index (κ2) is 7.27. The molecule has 1 heteroatoms. The molecule has 15 heavy (non-hydrogen) atoms.